The van der Waals surface area contributed by atoms with E-state index >= 15 is 0 Å². The quantitative estimate of drug-likeness (QED) is 0.349. The van der Waals surface area contributed by atoms with Gasteiger partial charge < -0.3 is 15.2 Å². The molecule has 2 aromatic rings. The molecule has 2 aromatic carbocycles. The predicted octanol–water partition coefficient (Wildman–Crippen LogP) is 6.10. The van der Waals surface area contributed by atoms with E-state index in [4.69, 9.17) is 9.84 Å². The number of carbonyl (C=O) groups is 2. The first-order valence-corrected chi connectivity index (χ1v) is 11.5. The molecular weight excluding hydrogens is 402 g/mol. The standard InChI is InChI=1S/C27H33NO4/c1-20(23-15-13-22(14-16-23)19-21-8-3-2-4-9-21)18-26(29)28-24-10-5-6-11-25(24)32-17-7-12-27(30)31/h5-6,10-11,13-16,18,21H,2-4,7-9,12,17,19H2,1H3,(H,28,29)(H,30,31)/b20-18+. The number of carbonyl (C=O) groups excluding carboxylic acids is 1. The first-order valence-electron chi connectivity index (χ1n) is 11.5. The van der Waals surface area contributed by atoms with Gasteiger partial charge in [0.25, 0.3) is 0 Å². The second-order valence-corrected chi connectivity index (χ2v) is 8.56. The minimum absolute atomic E-state index is 0.0515. The molecule has 170 valence electrons. The Bertz CT molecular complexity index is 927. The molecule has 1 aliphatic carbocycles. The highest BCUT2D eigenvalue weighted by molar-refractivity contribution is 6.04. The van der Waals surface area contributed by atoms with Crippen LogP contribution in [0.3, 0.4) is 0 Å². The van der Waals surface area contributed by atoms with Gasteiger partial charge in [-0.2, -0.15) is 0 Å². The molecule has 5 nitrogen and oxygen atoms in total. The zero-order valence-electron chi connectivity index (χ0n) is 18.8. The number of hydrogen-bond donors (Lipinski definition) is 2. The molecule has 5 heteroatoms. The molecule has 0 aliphatic heterocycles. The third-order valence-corrected chi connectivity index (χ3v) is 5.94. The molecular formula is C27H33NO4. The number of anilines is 1. The van der Waals surface area contributed by atoms with Crippen molar-refractivity contribution in [2.45, 2.75) is 58.3 Å². The zero-order valence-corrected chi connectivity index (χ0v) is 18.8. The minimum Gasteiger partial charge on any atom is -0.491 e. The van der Waals surface area contributed by atoms with E-state index in [-0.39, 0.29) is 18.9 Å². The molecule has 0 spiro atoms. The third-order valence-electron chi connectivity index (χ3n) is 5.94. The number of ether oxygens (including phenoxy) is 1. The molecule has 0 radical (unpaired) electrons. The van der Waals surface area contributed by atoms with Crippen LogP contribution in [-0.4, -0.2) is 23.6 Å². The summed E-state index contributed by atoms with van der Waals surface area (Å²) in [7, 11) is 0. The predicted molar refractivity (Wildman–Crippen MR) is 128 cm³/mol. The molecule has 0 atom stereocenters. The molecule has 0 aromatic heterocycles. The van der Waals surface area contributed by atoms with E-state index in [0.717, 1.165) is 23.5 Å². The topological polar surface area (TPSA) is 75.6 Å². The van der Waals surface area contributed by atoms with Crippen LogP contribution >= 0.6 is 0 Å². The van der Waals surface area contributed by atoms with Gasteiger partial charge in [-0.15, -0.1) is 0 Å². The lowest BCUT2D eigenvalue weighted by molar-refractivity contribution is -0.137. The number of aliphatic carboxylic acids is 1. The fourth-order valence-corrected chi connectivity index (χ4v) is 4.18. The van der Waals surface area contributed by atoms with Crippen LogP contribution in [0, 0.1) is 5.92 Å². The molecule has 1 fully saturated rings. The van der Waals surface area contributed by atoms with Crippen molar-refractivity contribution in [2.24, 2.45) is 5.92 Å². The molecule has 1 amide bonds. The number of amides is 1. The lowest BCUT2D eigenvalue weighted by Gasteiger charge is -2.21. The van der Waals surface area contributed by atoms with Crippen LogP contribution in [0.5, 0.6) is 5.75 Å². The number of benzene rings is 2. The van der Waals surface area contributed by atoms with Crippen molar-refractivity contribution in [1.82, 2.24) is 0 Å². The fraction of sp³-hybridized carbons (Fsp3) is 0.407. The van der Waals surface area contributed by atoms with Crippen molar-refractivity contribution in [2.75, 3.05) is 11.9 Å². The smallest absolute Gasteiger partial charge is 0.303 e. The maximum absolute atomic E-state index is 12.6. The van der Waals surface area contributed by atoms with E-state index in [1.807, 2.05) is 19.1 Å². The lowest BCUT2D eigenvalue weighted by Crippen LogP contribution is -2.11. The Morgan fingerprint density at radius 2 is 1.78 bits per heavy atom. The van der Waals surface area contributed by atoms with Gasteiger partial charge in [-0.25, -0.2) is 0 Å². The highest BCUT2D eigenvalue weighted by Gasteiger charge is 2.14. The Balaban J connectivity index is 1.56. The first-order chi connectivity index (χ1) is 15.5. The average molecular weight is 436 g/mol. The van der Waals surface area contributed by atoms with E-state index in [2.05, 4.69) is 29.6 Å². The van der Waals surface area contributed by atoms with E-state index in [1.165, 1.54) is 37.7 Å². The Morgan fingerprint density at radius 3 is 2.50 bits per heavy atom. The molecule has 32 heavy (non-hydrogen) atoms. The molecule has 0 heterocycles. The van der Waals surface area contributed by atoms with Gasteiger partial charge in [0.15, 0.2) is 0 Å². The number of hydrogen-bond acceptors (Lipinski definition) is 3. The van der Waals surface area contributed by atoms with Gasteiger partial charge in [0.05, 0.1) is 12.3 Å². The van der Waals surface area contributed by atoms with Crippen LogP contribution in [0.1, 0.15) is 63.0 Å². The van der Waals surface area contributed by atoms with Gasteiger partial charge in [-0.05, 0) is 54.5 Å². The van der Waals surface area contributed by atoms with Crippen LogP contribution in [0.4, 0.5) is 5.69 Å². The third kappa shape index (κ3) is 7.56. The van der Waals surface area contributed by atoms with E-state index in [1.54, 1.807) is 18.2 Å². The van der Waals surface area contributed by atoms with Crippen LogP contribution in [0.25, 0.3) is 5.57 Å². The van der Waals surface area contributed by atoms with E-state index in [0.29, 0.717) is 17.9 Å². The summed E-state index contributed by atoms with van der Waals surface area (Å²) in [5.41, 5.74) is 3.86. The van der Waals surface area contributed by atoms with Gasteiger partial charge in [-0.3, -0.25) is 9.59 Å². The van der Waals surface area contributed by atoms with Gasteiger partial charge in [0.2, 0.25) is 5.91 Å². The van der Waals surface area contributed by atoms with E-state index in [9.17, 15) is 9.59 Å². The van der Waals surface area contributed by atoms with E-state index < -0.39 is 5.97 Å². The summed E-state index contributed by atoms with van der Waals surface area (Å²) in [6.45, 7) is 2.21. The highest BCUT2D eigenvalue weighted by atomic mass is 16.5. The highest BCUT2D eigenvalue weighted by Crippen LogP contribution is 2.28. The Hall–Kier alpha value is -3.08. The van der Waals surface area contributed by atoms with Crippen molar-refractivity contribution >= 4 is 23.1 Å². The Labute approximate surface area is 190 Å². The summed E-state index contributed by atoms with van der Waals surface area (Å²) in [5.74, 6) is 0.265. The Morgan fingerprint density at radius 1 is 1.06 bits per heavy atom. The molecule has 0 unspecified atom stereocenters. The van der Waals surface area contributed by atoms with Gasteiger partial charge in [-0.1, -0.05) is 68.5 Å². The second-order valence-electron chi connectivity index (χ2n) is 8.56. The monoisotopic (exact) mass is 435 g/mol. The van der Waals surface area contributed by atoms with Crippen molar-refractivity contribution in [1.29, 1.82) is 0 Å². The molecule has 1 aliphatic rings. The minimum atomic E-state index is -0.849. The van der Waals surface area contributed by atoms with Gasteiger partial charge >= 0.3 is 5.97 Å². The summed E-state index contributed by atoms with van der Waals surface area (Å²) >= 11 is 0. The second kappa shape index (κ2) is 12.1. The number of carboxylic acids is 1. The van der Waals surface area contributed by atoms with Crippen LogP contribution in [0.2, 0.25) is 0 Å². The van der Waals surface area contributed by atoms with Crippen LogP contribution in [-0.2, 0) is 16.0 Å². The van der Waals surface area contributed by atoms with Gasteiger partial charge in [0, 0.05) is 12.5 Å². The molecule has 0 bridgehead atoms. The van der Waals surface area contributed by atoms with Crippen LogP contribution in [0.15, 0.2) is 54.6 Å². The maximum Gasteiger partial charge on any atom is 0.303 e. The molecule has 0 saturated heterocycles. The maximum atomic E-state index is 12.6. The van der Waals surface area contributed by atoms with Gasteiger partial charge in [0.1, 0.15) is 5.75 Å². The van der Waals surface area contributed by atoms with Crippen molar-refractivity contribution < 1.29 is 19.4 Å². The summed E-state index contributed by atoms with van der Waals surface area (Å²) in [6.07, 6.45) is 9.97. The largest absolute Gasteiger partial charge is 0.491 e. The molecule has 1 saturated carbocycles. The SMILES string of the molecule is C/C(=C\C(=O)Nc1ccccc1OCCCC(=O)O)c1ccc(CC2CCCCC2)cc1. The summed E-state index contributed by atoms with van der Waals surface area (Å²) < 4.78 is 5.65. The number of para-hydroxylation sites is 2. The number of rotatable bonds is 10. The first kappa shape index (κ1) is 23.6. The van der Waals surface area contributed by atoms with Crippen molar-refractivity contribution in [3.63, 3.8) is 0 Å². The Kier molecular flexibility index (Phi) is 8.90. The molecule has 3 rings (SSSR count). The summed E-state index contributed by atoms with van der Waals surface area (Å²) in [4.78, 5) is 23.2. The molecule has 2 N–H and O–H groups in total. The summed E-state index contributed by atoms with van der Waals surface area (Å²) in [5, 5.41) is 11.6. The normalized spacial score (nSPS) is 14.7. The average Bonchev–Trinajstić information content (AvgIpc) is 2.78. The zero-order chi connectivity index (χ0) is 22.8. The summed E-state index contributed by atoms with van der Waals surface area (Å²) in [6, 6.07) is 15.7. The number of nitrogens with one attached hydrogen (secondary N) is 1. The lowest BCUT2D eigenvalue weighted by atomic mass is 9.84. The number of allylic oxidation sites excluding steroid dienone is 1. The fourth-order valence-electron chi connectivity index (χ4n) is 4.18. The van der Waals surface area contributed by atoms with Crippen LogP contribution < -0.4 is 10.1 Å². The number of carboxylic acid groups (broad SMARTS) is 1. The van der Waals surface area contributed by atoms with Crippen molar-refractivity contribution in [3.8, 4) is 5.75 Å². The van der Waals surface area contributed by atoms with Crippen molar-refractivity contribution in [3.05, 3.63) is 65.7 Å².